The average molecular weight is 599 g/mol. The van der Waals surface area contributed by atoms with E-state index >= 15 is 0 Å². The van der Waals surface area contributed by atoms with Crippen molar-refractivity contribution >= 4 is 35.5 Å². The van der Waals surface area contributed by atoms with Gasteiger partial charge in [-0.05, 0) is 36.1 Å². The predicted octanol–water partition coefficient (Wildman–Crippen LogP) is 3.19. The minimum absolute atomic E-state index is 0.204. The first-order valence-corrected chi connectivity index (χ1v) is 15.2. The first kappa shape index (κ1) is 28.9. The van der Waals surface area contributed by atoms with Gasteiger partial charge in [-0.1, -0.05) is 84.9 Å². The lowest BCUT2D eigenvalue weighted by Crippen LogP contribution is -2.66. The Morgan fingerprint density at radius 3 is 2.05 bits per heavy atom. The Balaban J connectivity index is 1.57. The summed E-state index contributed by atoms with van der Waals surface area (Å²) in [6.45, 7) is 3.99. The minimum Gasteiger partial charge on any atom is -0.479 e. The number of hydrogen-bond acceptors (Lipinski definition) is 6. The molecule has 3 aromatic carbocycles. The molecule has 3 aromatic rings. The molecule has 3 amide bonds. The molecule has 0 radical (unpaired) electrons. The SMILES string of the molecule is CC1(C)S[C@@H]2CC(=O)N2[C@@]1(C(=O)O)c1ccccc1C(c1ccccc1)N1CC(C(N)=O)C1C(C(N)=O)c1ccccc1. The fourth-order valence-corrected chi connectivity index (χ4v) is 9.23. The van der Waals surface area contributed by atoms with Crippen molar-refractivity contribution < 1.29 is 24.3 Å². The van der Waals surface area contributed by atoms with Gasteiger partial charge in [-0.3, -0.25) is 19.3 Å². The van der Waals surface area contributed by atoms with Gasteiger partial charge in [-0.15, -0.1) is 11.8 Å². The summed E-state index contributed by atoms with van der Waals surface area (Å²) >= 11 is 1.50. The van der Waals surface area contributed by atoms with Crippen LogP contribution in [-0.2, 0) is 24.7 Å². The van der Waals surface area contributed by atoms with Crippen molar-refractivity contribution in [3.05, 3.63) is 107 Å². The number of hydrogen-bond donors (Lipinski definition) is 3. The van der Waals surface area contributed by atoms with Crippen LogP contribution in [0.25, 0.3) is 0 Å². The summed E-state index contributed by atoms with van der Waals surface area (Å²) in [5.74, 6) is -3.94. The van der Waals surface area contributed by atoms with E-state index in [-0.39, 0.29) is 17.8 Å². The van der Waals surface area contributed by atoms with Gasteiger partial charge in [0.25, 0.3) is 0 Å². The summed E-state index contributed by atoms with van der Waals surface area (Å²) in [7, 11) is 0. The fraction of sp³-hybridized carbons (Fsp3) is 0.333. The molecule has 6 rings (SSSR count). The van der Waals surface area contributed by atoms with Crippen molar-refractivity contribution in [3.63, 3.8) is 0 Å². The second kappa shape index (κ2) is 10.5. The molecule has 3 aliphatic rings. The number of carboxylic acid groups (broad SMARTS) is 1. The minimum atomic E-state index is -1.65. The third kappa shape index (κ3) is 4.26. The number of carbonyl (C=O) groups excluding carboxylic acids is 3. The topological polar surface area (TPSA) is 147 Å². The molecule has 0 spiro atoms. The molecule has 222 valence electrons. The van der Waals surface area contributed by atoms with Crippen molar-refractivity contribution in [1.82, 2.24) is 9.80 Å². The van der Waals surface area contributed by atoms with E-state index in [1.54, 1.807) is 12.1 Å². The van der Waals surface area contributed by atoms with Crippen molar-refractivity contribution in [2.75, 3.05) is 6.54 Å². The van der Waals surface area contributed by atoms with Gasteiger partial charge in [0.2, 0.25) is 17.7 Å². The molecule has 6 atom stereocenters. The van der Waals surface area contributed by atoms with Crippen LogP contribution in [0.4, 0.5) is 0 Å². The third-order valence-electron chi connectivity index (χ3n) is 9.35. The van der Waals surface area contributed by atoms with Gasteiger partial charge in [0.1, 0.15) is 0 Å². The molecule has 3 heterocycles. The Kier molecular flexibility index (Phi) is 7.09. The number of fused-ring (bicyclic) bond motifs is 1. The van der Waals surface area contributed by atoms with E-state index in [9.17, 15) is 24.3 Å². The van der Waals surface area contributed by atoms with Crippen LogP contribution in [0.3, 0.4) is 0 Å². The maximum absolute atomic E-state index is 13.5. The number of β-lactam (4-membered cyclic amide) rings is 1. The zero-order valence-electron chi connectivity index (χ0n) is 23.9. The number of carbonyl (C=O) groups is 4. The third-order valence-corrected chi connectivity index (χ3v) is 10.9. The van der Waals surface area contributed by atoms with E-state index in [2.05, 4.69) is 0 Å². The van der Waals surface area contributed by atoms with Gasteiger partial charge >= 0.3 is 5.97 Å². The molecular formula is C33H34N4O5S. The highest BCUT2D eigenvalue weighted by Gasteiger charge is 2.71. The smallest absolute Gasteiger partial charge is 0.335 e. The maximum Gasteiger partial charge on any atom is 0.335 e. The van der Waals surface area contributed by atoms with Crippen molar-refractivity contribution in [1.29, 1.82) is 0 Å². The fourth-order valence-electron chi connectivity index (χ4n) is 7.48. The molecule has 4 unspecified atom stereocenters. The van der Waals surface area contributed by atoms with Crippen LogP contribution >= 0.6 is 11.8 Å². The number of amides is 3. The largest absolute Gasteiger partial charge is 0.479 e. The number of rotatable bonds is 9. The summed E-state index contributed by atoms with van der Waals surface area (Å²) < 4.78 is -0.864. The van der Waals surface area contributed by atoms with E-state index in [4.69, 9.17) is 11.5 Å². The zero-order chi connectivity index (χ0) is 30.7. The molecule has 0 aromatic heterocycles. The Morgan fingerprint density at radius 1 is 0.907 bits per heavy atom. The molecule has 3 saturated heterocycles. The first-order chi connectivity index (χ1) is 20.5. The second-order valence-electron chi connectivity index (χ2n) is 12.0. The van der Waals surface area contributed by atoms with Crippen molar-refractivity contribution in [2.45, 2.75) is 53.9 Å². The average Bonchev–Trinajstić information content (AvgIpc) is 3.16. The molecule has 0 saturated carbocycles. The standard InChI is InChI=1S/C33H34N4O5S/c1-32(2)33(31(41)42,37-24(38)17-25(37)43-32)23-16-10-9-15-21(23)27(20-13-7-4-8-14-20)36-18-22(29(34)39)28(36)26(30(35)40)19-11-5-3-6-12-19/h3-16,22,25-28H,17-18H2,1-2H3,(H2,34,39)(H2,35,40)(H,41,42)/t22?,25-,26?,27?,28?,33-/m1/s1. The summed E-state index contributed by atoms with van der Waals surface area (Å²) in [6.07, 6.45) is 0.291. The highest BCUT2D eigenvalue weighted by Crippen LogP contribution is 2.62. The highest BCUT2D eigenvalue weighted by molar-refractivity contribution is 8.01. The lowest BCUT2D eigenvalue weighted by atomic mass is 9.70. The molecule has 0 bridgehead atoms. The molecule has 43 heavy (non-hydrogen) atoms. The number of nitrogens with two attached hydrogens (primary N) is 2. The quantitative estimate of drug-likeness (QED) is 0.321. The van der Waals surface area contributed by atoms with Crippen LogP contribution in [0.2, 0.25) is 0 Å². The van der Waals surface area contributed by atoms with E-state index in [0.29, 0.717) is 23.1 Å². The van der Waals surface area contributed by atoms with E-state index in [1.807, 2.05) is 91.5 Å². The molecule has 0 aliphatic carbocycles. The van der Waals surface area contributed by atoms with Crippen molar-refractivity contribution in [2.24, 2.45) is 17.4 Å². The number of likely N-dealkylation sites (tertiary alicyclic amines) is 1. The molecule has 9 nitrogen and oxygen atoms in total. The number of benzene rings is 3. The van der Waals surface area contributed by atoms with E-state index in [1.165, 1.54) is 16.7 Å². The monoisotopic (exact) mass is 598 g/mol. The first-order valence-electron chi connectivity index (χ1n) is 14.3. The molecule has 3 aliphatic heterocycles. The Labute approximate surface area is 254 Å². The van der Waals surface area contributed by atoms with Gasteiger partial charge in [0.15, 0.2) is 5.54 Å². The Bertz CT molecular complexity index is 1600. The van der Waals surface area contributed by atoms with Gasteiger partial charge in [-0.25, -0.2) is 4.79 Å². The predicted molar refractivity (Wildman–Crippen MR) is 163 cm³/mol. The van der Waals surface area contributed by atoms with E-state index in [0.717, 1.165) is 5.56 Å². The molecular weight excluding hydrogens is 564 g/mol. The number of thioether (sulfide) groups is 1. The van der Waals surface area contributed by atoms with Gasteiger partial charge < -0.3 is 21.5 Å². The van der Waals surface area contributed by atoms with Crippen LogP contribution in [0.1, 0.15) is 54.5 Å². The zero-order valence-corrected chi connectivity index (χ0v) is 24.7. The molecule has 3 fully saturated rings. The van der Waals surface area contributed by atoms with Crippen molar-refractivity contribution in [3.8, 4) is 0 Å². The van der Waals surface area contributed by atoms with Gasteiger partial charge in [-0.2, -0.15) is 0 Å². The van der Waals surface area contributed by atoms with Crippen LogP contribution in [0, 0.1) is 5.92 Å². The van der Waals surface area contributed by atoms with Crippen LogP contribution in [0.5, 0.6) is 0 Å². The summed E-state index contributed by atoms with van der Waals surface area (Å²) in [5, 5.41) is 10.8. The van der Waals surface area contributed by atoms with Crippen LogP contribution in [-0.4, -0.2) is 61.3 Å². The lowest BCUT2D eigenvalue weighted by Gasteiger charge is -2.54. The number of nitrogens with zero attached hydrogens (tertiary/aromatic N) is 2. The lowest BCUT2D eigenvalue weighted by molar-refractivity contribution is -0.169. The number of primary amides is 2. The molecule has 5 N–H and O–H groups in total. The van der Waals surface area contributed by atoms with E-state index < -0.39 is 52.0 Å². The summed E-state index contributed by atoms with van der Waals surface area (Å²) in [4.78, 5) is 55.9. The molecule has 10 heteroatoms. The Hall–Kier alpha value is -4.15. The second-order valence-corrected chi connectivity index (χ2v) is 13.8. The Morgan fingerprint density at radius 2 is 1.49 bits per heavy atom. The highest BCUT2D eigenvalue weighted by atomic mass is 32.2. The number of aliphatic carboxylic acids is 1. The van der Waals surface area contributed by atoms with Gasteiger partial charge in [0, 0.05) is 12.6 Å². The normalized spacial score (nSPS) is 27.3. The summed E-state index contributed by atoms with van der Waals surface area (Å²) in [6, 6.07) is 24.7. The number of carboxylic acids is 1. The van der Waals surface area contributed by atoms with Gasteiger partial charge in [0.05, 0.1) is 34.4 Å². The van der Waals surface area contributed by atoms with Crippen LogP contribution < -0.4 is 11.5 Å². The maximum atomic E-state index is 13.5. The van der Waals surface area contributed by atoms with Crippen LogP contribution in [0.15, 0.2) is 84.9 Å². The summed E-state index contributed by atoms with van der Waals surface area (Å²) in [5.41, 5.74) is 12.9.